The summed E-state index contributed by atoms with van der Waals surface area (Å²) in [6.07, 6.45) is 0. The number of benzene rings is 1. The summed E-state index contributed by atoms with van der Waals surface area (Å²) >= 11 is 0. The first-order chi connectivity index (χ1) is 11.6. The van der Waals surface area contributed by atoms with Crippen molar-refractivity contribution in [3.8, 4) is 5.75 Å². The Labute approximate surface area is 142 Å². The van der Waals surface area contributed by atoms with Crippen LogP contribution in [0.25, 0.3) is 0 Å². The Morgan fingerprint density at radius 1 is 1.21 bits per heavy atom. The number of hydrogen-bond donors (Lipinski definition) is 2. The van der Waals surface area contributed by atoms with Gasteiger partial charge in [0.05, 0.1) is 26.4 Å². The number of amides is 2. The minimum absolute atomic E-state index is 0.256. The number of carbonyl (C=O) groups is 2. The third-order valence-corrected chi connectivity index (χ3v) is 3.99. The highest BCUT2D eigenvalue weighted by atomic mass is 16.5. The summed E-state index contributed by atoms with van der Waals surface area (Å²) in [5.41, 5.74) is 0.908. The lowest BCUT2D eigenvalue weighted by atomic mass is 10.1. The number of morpholine rings is 1. The fraction of sp³-hybridized carbons (Fsp3) is 0.529. The van der Waals surface area contributed by atoms with Crippen LogP contribution in [0.2, 0.25) is 0 Å². The molecule has 7 heteroatoms. The van der Waals surface area contributed by atoms with Gasteiger partial charge in [-0.25, -0.2) is 0 Å². The quantitative estimate of drug-likeness (QED) is 0.732. The van der Waals surface area contributed by atoms with Crippen molar-refractivity contribution in [2.75, 3.05) is 46.5 Å². The van der Waals surface area contributed by atoms with Crippen molar-refractivity contribution in [2.24, 2.45) is 0 Å². The van der Waals surface area contributed by atoms with Crippen molar-refractivity contribution in [3.05, 3.63) is 29.8 Å². The van der Waals surface area contributed by atoms with E-state index >= 15 is 0 Å². The molecule has 1 saturated heterocycles. The Hall–Kier alpha value is -2.12. The van der Waals surface area contributed by atoms with Crippen LogP contribution in [0, 0.1) is 0 Å². The zero-order chi connectivity index (χ0) is 17.4. The molecule has 24 heavy (non-hydrogen) atoms. The van der Waals surface area contributed by atoms with Gasteiger partial charge in [-0.2, -0.15) is 0 Å². The van der Waals surface area contributed by atoms with Crippen LogP contribution in [0.15, 0.2) is 24.3 Å². The van der Waals surface area contributed by atoms with E-state index in [0.717, 1.165) is 30.9 Å². The summed E-state index contributed by atoms with van der Waals surface area (Å²) in [6, 6.07) is 7.11. The zero-order valence-corrected chi connectivity index (χ0v) is 14.2. The second kappa shape index (κ2) is 9.24. The van der Waals surface area contributed by atoms with Gasteiger partial charge in [0.2, 0.25) is 0 Å². The predicted molar refractivity (Wildman–Crippen MR) is 89.8 cm³/mol. The number of nitrogens with one attached hydrogen (secondary N) is 2. The number of methoxy groups -OCH3 is 1. The third kappa shape index (κ3) is 5.50. The molecule has 0 radical (unpaired) electrons. The van der Waals surface area contributed by atoms with Crippen molar-refractivity contribution in [1.29, 1.82) is 0 Å². The van der Waals surface area contributed by atoms with Crippen molar-refractivity contribution < 1.29 is 19.1 Å². The first kappa shape index (κ1) is 18.2. The van der Waals surface area contributed by atoms with Gasteiger partial charge >= 0.3 is 11.8 Å². The molecule has 1 unspecified atom stereocenters. The lowest BCUT2D eigenvalue weighted by Gasteiger charge is -2.26. The summed E-state index contributed by atoms with van der Waals surface area (Å²) in [4.78, 5) is 26.0. The van der Waals surface area contributed by atoms with Crippen LogP contribution in [0.5, 0.6) is 5.75 Å². The zero-order valence-electron chi connectivity index (χ0n) is 14.2. The summed E-state index contributed by atoms with van der Waals surface area (Å²) in [6.45, 7) is 6.15. The Balaban J connectivity index is 1.72. The smallest absolute Gasteiger partial charge is 0.309 e. The van der Waals surface area contributed by atoms with Gasteiger partial charge in [0, 0.05) is 26.2 Å². The monoisotopic (exact) mass is 335 g/mol. The molecular weight excluding hydrogens is 310 g/mol. The van der Waals surface area contributed by atoms with E-state index < -0.39 is 11.8 Å². The molecule has 2 amide bonds. The minimum atomic E-state index is -0.625. The van der Waals surface area contributed by atoms with Gasteiger partial charge in [-0.3, -0.25) is 14.5 Å². The molecule has 0 bridgehead atoms. The number of carbonyl (C=O) groups excluding carboxylic acids is 2. The van der Waals surface area contributed by atoms with Gasteiger partial charge < -0.3 is 20.1 Å². The molecule has 0 saturated carbocycles. The topological polar surface area (TPSA) is 79.9 Å². The van der Waals surface area contributed by atoms with Crippen LogP contribution in [0.4, 0.5) is 0 Å². The molecule has 2 N–H and O–H groups in total. The molecule has 1 aliphatic rings. The molecule has 1 aliphatic heterocycles. The molecule has 1 aromatic rings. The molecule has 132 valence electrons. The van der Waals surface area contributed by atoms with Crippen molar-refractivity contribution in [1.82, 2.24) is 15.5 Å². The summed E-state index contributed by atoms with van der Waals surface area (Å²) in [7, 11) is 1.60. The molecule has 1 heterocycles. The van der Waals surface area contributed by atoms with Crippen molar-refractivity contribution >= 4 is 11.8 Å². The fourth-order valence-electron chi connectivity index (χ4n) is 2.47. The SMILES string of the molecule is COc1ccc(C(C)NC(=O)C(=O)NCCN2CCOCC2)cc1. The van der Waals surface area contributed by atoms with E-state index in [1.165, 1.54) is 0 Å². The number of ether oxygens (including phenoxy) is 2. The van der Waals surface area contributed by atoms with Crippen LogP contribution < -0.4 is 15.4 Å². The molecular formula is C17H25N3O4. The van der Waals surface area contributed by atoms with E-state index in [4.69, 9.17) is 9.47 Å². The van der Waals surface area contributed by atoms with E-state index in [2.05, 4.69) is 15.5 Å². The number of nitrogens with zero attached hydrogens (tertiary/aromatic N) is 1. The highest BCUT2D eigenvalue weighted by Crippen LogP contribution is 2.16. The van der Waals surface area contributed by atoms with E-state index in [0.29, 0.717) is 19.8 Å². The standard InChI is InChI=1S/C17H25N3O4/c1-13(14-3-5-15(23-2)6-4-14)19-17(22)16(21)18-7-8-20-9-11-24-12-10-20/h3-6,13H,7-12H2,1-2H3,(H,18,21)(H,19,22). The lowest BCUT2D eigenvalue weighted by Crippen LogP contribution is -2.45. The highest BCUT2D eigenvalue weighted by molar-refractivity contribution is 6.35. The van der Waals surface area contributed by atoms with Crippen LogP contribution in [-0.4, -0.2) is 63.2 Å². The van der Waals surface area contributed by atoms with Gasteiger partial charge in [0.25, 0.3) is 0 Å². The fourth-order valence-corrected chi connectivity index (χ4v) is 2.47. The van der Waals surface area contributed by atoms with Gasteiger partial charge in [-0.15, -0.1) is 0 Å². The van der Waals surface area contributed by atoms with E-state index in [-0.39, 0.29) is 6.04 Å². The Bertz CT molecular complexity index is 541. The number of hydrogen-bond acceptors (Lipinski definition) is 5. The predicted octanol–water partition coefficient (Wildman–Crippen LogP) is 0.321. The van der Waals surface area contributed by atoms with Crippen molar-refractivity contribution in [2.45, 2.75) is 13.0 Å². The van der Waals surface area contributed by atoms with E-state index in [1.54, 1.807) is 7.11 Å². The molecule has 1 fully saturated rings. The third-order valence-electron chi connectivity index (χ3n) is 3.99. The maximum atomic E-state index is 12.0. The van der Waals surface area contributed by atoms with Gasteiger partial charge in [-0.05, 0) is 24.6 Å². The average molecular weight is 335 g/mol. The second-order valence-electron chi connectivity index (χ2n) is 5.68. The van der Waals surface area contributed by atoms with Gasteiger partial charge in [0.15, 0.2) is 0 Å². The average Bonchev–Trinajstić information content (AvgIpc) is 2.62. The summed E-state index contributed by atoms with van der Waals surface area (Å²) < 4.78 is 10.4. The summed E-state index contributed by atoms with van der Waals surface area (Å²) in [5, 5.41) is 5.35. The Kier molecular flexibility index (Phi) is 7.02. The van der Waals surface area contributed by atoms with Crippen LogP contribution in [0.3, 0.4) is 0 Å². The molecule has 7 nitrogen and oxygen atoms in total. The maximum absolute atomic E-state index is 12.0. The molecule has 0 aromatic heterocycles. The molecule has 2 rings (SSSR count). The molecule has 1 aromatic carbocycles. The minimum Gasteiger partial charge on any atom is -0.497 e. The van der Waals surface area contributed by atoms with Gasteiger partial charge in [-0.1, -0.05) is 12.1 Å². The molecule has 0 aliphatic carbocycles. The first-order valence-corrected chi connectivity index (χ1v) is 8.13. The second-order valence-corrected chi connectivity index (χ2v) is 5.68. The van der Waals surface area contributed by atoms with Gasteiger partial charge in [0.1, 0.15) is 5.75 Å². The highest BCUT2D eigenvalue weighted by Gasteiger charge is 2.17. The van der Waals surface area contributed by atoms with Crippen LogP contribution >= 0.6 is 0 Å². The molecule has 0 spiro atoms. The maximum Gasteiger partial charge on any atom is 0.309 e. The largest absolute Gasteiger partial charge is 0.497 e. The van der Waals surface area contributed by atoms with E-state index in [1.807, 2.05) is 31.2 Å². The first-order valence-electron chi connectivity index (χ1n) is 8.13. The Morgan fingerprint density at radius 3 is 2.50 bits per heavy atom. The lowest BCUT2D eigenvalue weighted by molar-refractivity contribution is -0.139. The van der Waals surface area contributed by atoms with Crippen LogP contribution in [0.1, 0.15) is 18.5 Å². The Morgan fingerprint density at radius 2 is 1.88 bits per heavy atom. The number of rotatable bonds is 6. The summed E-state index contributed by atoms with van der Waals surface area (Å²) in [5.74, 6) is -0.484. The van der Waals surface area contributed by atoms with E-state index in [9.17, 15) is 9.59 Å². The molecule has 1 atom stereocenters. The normalized spacial score (nSPS) is 16.2. The van der Waals surface area contributed by atoms with Crippen LogP contribution in [-0.2, 0) is 14.3 Å². The van der Waals surface area contributed by atoms with Crippen molar-refractivity contribution in [3.63, 3.8) is 0 Å².